The lowest BCUT2D eigenvalue weighted by Gasteiger charge is -2.21. The number of imidazole rings is 1. The summed E-state index contributed by atoms with van der Waals surface area (Å²) in [5.74, 6) is 0.0690. The molecule has 0 radical (unpaired) electrons. The molecule has 2 aromatic carbocycles. The van der Waals surface area contributed by atoms with Crippen molar-refractivity contribution in [3.8, 4) is 5.69 Å². The zero-order valence-corrected chi connectivity index (χ0v) is 16.2. The van der Waals surface area contributed by atoms with E-state index in [1.165, 1.54) is 11.8 Å². The lowest BCUT2D eigenvalue weighted by atomic mass is 10.2. The molecular weight excluding hydrogens is 366 g/mol. The second kappa shape index (κ2) is 8.43. The second-order valence-corrected chi connectivity index (χ2v) is 7.74. The van der Waals surface area contributed by atoms with Crippen molar-refractivity contribution in [2.24, 2.45) is 0 Å². The highest BCUT2D eigenvalue weighted by molar-refractivity contribution is 8.00. The highest BCUT2D eigenvalue weighted by Gasteiger charge is 2.21. The minimum atomic E-state index is -0.246. The number of thioether (sulfide) groups is 1. The van der Waals surface area contributed by atoms with Crippen molar-refractivity contribution in [2.75, 3.05) is 7.05 Å². The molecule has 4 nitrogen and oxygen atoms in total. The number of rotatable bonds is 6. The van der Waals surface area contributed by atoms with Crippen molar-refractivity contribution in [3.63, 3.8) is 0 Å². The number of aromatic nitrogens is 2. The van der Waals surface area contributed by atoms with Gasteiger partial charge in [-0.2, -0.15) is 0 Å². The largest absolute Gasteiger partial charge is 0.340 e. The van der Waals surface area contributed by atoms with Crippen molar-refractivity contribution in [2.45, 2.75) is 23.9 Å². The van der Waals surface area contributed by atoms with Gasteiger partial charge in [-0.15, -0.1) is 0 Å². The molecule has 134 valence electrons. The number of carbonyl (C=O) groups excluding carboxylic acids is 1. The van der Waals surface area contributed by atoms with Gasteiger partial charge in [0, 0.05) is 36.7 Å². The van der Waals surface area contributed by atoms with E-state index in [4.69, 9.17) is 11.6 Å². The van der Waals surface area contributed by atoms with Crippen LogP contribution in [0.15, 0.2) is 72.1 Å². The van der Waals surface area contributed by atoms with Crippen LogP contribution in [-0.4, -0.2) is 32.7 Å². The Morgan fingerprint density at radius 2 is 2.00 bits per heavy atom. The van der Waals surface area contributed by atoms with Crippen LogP contribution in [0.5, 0.6) is 0 Å². The highest BCUT2D eigenvalue weighted by Crippen LogP contribution is 2.26. The van der Waals surface area contributed by atoms with Gasteiger partial charge in [-0.25, -0.2) is 4.98 Å². The molecular formula is C20H20ClN3OS. The minimum Gasteiger partial charge on any atom is -0.340 e. The molecule has 0 aliphatic carbocycles. The lowest BCUT2D eigenvalue weighted by Crippen LogP contribution is -2.32. The first-order chi connectivity index (χ1) is 12.5. The third kappa shape index (κ3) is 4.48. The SMILES string of the molecule is CC(Sc1nccn1-c1cccc(Cl)c1)C(=O)N(C)Cc1ccccc1. The van der Waals surface area contributed by atoms with E-state index in [-0.39, 0.29) is 11.2 Å². The first-order valence-corrected chi connectivity index (χ1v) is 9.55. The molecule has 0 N–H and O–H groups in total. The van der Waals surface area contributed by atoms with Gasteiger partial charge in [0.15, 0.2) is 5.16 Å². The molecule has 0 aliphatic heterocycles. The van der Waals surface area contributed by atoms with Crippen molar-refractivity contribution in [1.29, 1.82) is 0 Å². The molecule has 6 heteroatoms. The van der Waals surface area contributed by atoms with Crippen molar-refractivity contribution in [3.05, 3.63) is 77.6 Å². The fraction of sp³-hybridized carbons (Fsp3) is 0.200. The van der Waals surface area contributed by atoms with E-state index >= 15 is 0 Å². The van der Waals surface area contributed by atoms with Crippen LogP contribution < -0.4 is 0 Å². The Kier molecular flexibility index (Phi) is 6.01. The van der Waals surface area contributed by atoms with Crippen LogP contribution in [0.25, 0.3) is 5.69 Å². The molecule has 1 amide bonds. The first kappa shape index (κ1) is 18.5. The molecule has 1 unspecified atom stereocenters. The summed E-state index contributed by atoms with van der Waals surface area (Å²) in [6.07, 6.45) is 3.60. The van der Waals surface area contributed by atoms with E-state index in [9.17, 15) is 4.79 Å². The third-order valence-corrected chi connectivity index (χ3v) is 5.27. The molecule has 0 saturated carbocycles. The number of hydrogen-bond acceptors (Lipinski definition) is 3. The van der Waals surface area contributed by atoms with Crippen LogP contribution >= 0.6 is 23.4 Å². The molecule has 26 heavy (non-hydrogen) atoms. The normalized spacial score (nSPS) is 12.0. The molecule has 0 aliphatic rings. The van der Waals surface area contributed by atoms with Crippen LogP contribution in [0.3, 0.4) is 0 Å². The number of amides is 1. The number of halogens is 1. The second-order valence-electron chi connectivity index (χ2n) is 6.00. The summed E-state index contributed by atoms with van der Waals surface area (Å²) < 4.78 is 1.94. The average Bonchev–Trinajstić information content (AvgIpc) is 3.10. The topological polar surface area (TPSA) is 38.1 Å². The summed E-state index contributed by atoms with van der Waals surface area (Å²) >= 11 is 7.53. The molecule has 3 rings (SSSR count). The molecule has 1 atom stereocenters. The van der Waals surface area contributed by atoms with Crippen LogP contribution in [0.2, 0.25) is 5.02 Å². The lowest BCUT2D eigenvalue weighted by molar-refractivity contribution is -0.129. The molecule has 1 heterocycles. The van der Waals surface area contributed by atoms with Gasteiger partial charge in [0.25, 0.3) is 0 Å². The van der Waals surface area contributed by atoms with Gasteiger partial charge in [-0.1, -0.05) is 59.8 Å². The van der Waals surface area contributed by atoms with Crippen molar-refractivity contribution < 1.29 is 4.79 Å². The number of carbonyl (C=O) groups is 1. The smallest absolute Gasteiger partial charge is 0.235 e. The zero-order chi connectivity index (χ0) is 18.5. The Morgan fingerprint density at radius 3 is 2.73 bits per heavy atom. The standard InChI is InChI=1S/C20H20ClN3OS/c1-15(19(25)23(2)14-16-7-4-3-5-8-16)26-20-22-11-12-24(20)18-10-6-9-17(21)13-18/h3-13,15H,14H2,1-2H3. The Balaban J connectivity index is 1.69. The van der Waals surface area contributed by atoms with Gasteiger partial charge in [0.2, 0.25) is 5.91 Å². The van der Waals surface area contributed by atoms with Crippen LogP contribution in [0, 0.1) is 0 Å². The van der Waals surface area contributed by atoms with Crippen LogP contribution in [0.1, 0.15) is 12.5 Å². The predicted octanol–water partition coefficient (Wildman–Crippen LogP) is 4.66. The summed E-state index contributed by atoms with van der Waals surface area (Å²) in [6.45, 7) is 2.50. The van der Waals surface area contributed by atoms with Crippen LogP contribution in [0.4, 0.5) is 0 Å². The first-order valence-electron chi connectivity index (χ1n) is 8.29. The number of hydrogen-bond donors (Lipinski definition) is 0. The quantitative estimate of drug-likeness (QED) is 0.579. The van der Waals surface area contributed by atoms with Gasteiger partial charge < -0.3 is 4.90 Å². The third-order valence-electron chi connectivity index (χ3n) is 3.96. The molecule has 0 spiro atoms. The Bertz CT molecular complexity index is 882. The molecule has 0 fully saturated rings. The number of nitrogens with zero attached hydrogens (tertiary/aromatic N) is 3. The fourth-order valence-corrected chi connectivity index (χ4v) is 3.84. The van der Waals surface area contributed by atoms with Gasteiger partial charge >= 0.3 is 0 Å². The van der Waals surface area contributed by atoms with Crippen molar-refractivity contribution >= 4 is 29.3 Å². The van der Waals surface area contributed by atoms with E-state index < -0.39 is 0 Å². The molecule has 3 aromatic rings. The Morgan fingerprint density at radius 1 is 1.23 bits per heavy atom. The Hall–Kier alpha value is -2.24. The van der Waals surface area contributed by atoms with E-state index in [1.807, 2.05) is 79.3 Å². The molecule has 0 bridgehead atoms. The van der Waals surface area contributed by atoms with E-state index in [0.717, 1.165) is 16.4 Å². The highest BCUT2D eigenvalue weighted by atomic mass is 35.5. The summed E-state index contributed by atoms with van der Waals surface area (Å²) in [4.78, 5) is 18.9. The predicted molar refractivity (Wildman–Crippen MR) is 107 cm³/mol. The maximum Gasteiger partial charge on any atom is 0.235 e. The number of benzene rings is 2. The molecule has 0 saturated heterocycles. The maximum absolute atomic E-state index is 12.7. The van der Waals surface area contributed by atoms with Crippen molar-refractivity contribution in [1.82, 2.24) is 14.5 Å². The average molecular weight is 386 g/mol. The van der Waals surface area contributed by atoms with Gasteiger partial charge in [0.1, 0.15) is 0 Å². The van der Waals surface area contributed by atoms with E-state index in [1.54, 1.807) is 11.1 Å². The summed E-state index contributed by atoms with van der Waals surface area (Å²) in [5.41, 5.74) is 2.04. The molecule has 1 aromatic heterocycles. The summed E-state index contributed by atoms with van der Waals surface area (Å²) in [7, 11) is 1.83. The summed E-state index contributed by atoms with van der Waals surface area (Å²) in [6, 6.07) is 17.5. The zero-order valence-electron chi connectivity index (χ0n) is 14.7. The van der Waals surface area contributed by atoms with Gasteiger partial charge in [-0.3, -0.25) is 9.36 Å². The summed E-state index contributed by atoms with van der Waals surface area (Å²) in [5, 5.41) is 1.18. The van der Waals surface area contributed by atoms with Gasteiger partial charge in [0.05, 0.1) is 5.25 Å². The van der Waals surface area contributed by atoms with E-state index in [0.29, 0.717) is 11.6 Å². The fourth-order valence-electron chi connectivity index (χ4n) is 2.65. The maximum atomic E-state index is 12.7. The minimum absolute atomic E-state index is 0.0690. The van der Waals surface area contributed by atoms with E-state index in [2.05, 4.69) is 4.98 Å². The van der Waals surface area contributed by atoms with Gasteiger partial charge in [-0.05, 0) is 30.7 Å². The van der Waals surface area contributed by atoms with Crippen LogP contribution in [-0.2, 0) is 11.3 Å². The Labute approximate surface area is 162 Å². The monoisotopic (exact) mass is 385 g/mol.